The molecule has 2 aliphatic heterocycles. The molecule has 2 unspecified atom stereocenters. The number of benzene rings is 1. The van der Waals surface area contributed by atoms with Gasteiger partial charge in [-0.25, -0.2) is 13.2 Å². The van der Waals surface area contributed by atoms with Gasteiger partial charge in [0.1, 0.15) is 29.2 Å². The van der Waals surface area contributed by atoms with E-state index in [-0.39, 0.29) is 10.5 Å². The highest BCUT2D eigenvalue weighted by molar-refractivity contribution is 7.93. The fraction of sp³-hybridized carbons (Fsp3) is 0.533. The van der Waals surface area contributed by atoms with Crippen LogP contribution < -0.4 is 30.1 Å². The van der Waals surface area contributed by atoms with E-state index < -0.39 is 33.4 Å². The number of hydrogen-bond donors (Lipinski definition) is 3. The van der Waals surface area contributed by atoms with Crippen molar-refractivity contribution in [3.8, 4) is 17.2 Å². The summed E-state index contributed by atoms with van der Waals surface area (Å²) in [6.07, 6.45) is 3.44. The number of fused-ring (bicyclic) bond motifs is 1. The smallest absolute Gasteiger partial charge is 0.492 e. The Bertz CT molecular complexity index is 1540. The van der Waals surface area contributed by atoms with Gasteiger partial charge in [0.05, 0.1) is 51.3 Å². The Labute approximate surface area is 272 Å². The number of sulfonamides is 1. The molecular weight excluding hydrogens is 645 g/mol. The molecule has 0 saturated carbocycles. The van der Waals surface area contributed by atoms with Crippen LogP contribution in [-0.4, -0.2) is 95.4 Å². The lowest BCUT2D eigenvalue weighted by molar-refractivity contribution is -0.862. The zero-order valence-electron chi connectivity index (χ0n) is 26.8. The Morgan fingerprint density at radius 2 is 1.77 bits per heavy atom. The third-order valence-corrected chi connectivity index (χ3v) is 8.78. The molecule has 2 atom stereocenters. The Morgan fingerprint density at radius 1 is 1.11 bits per heavy atom. The van der Waals surface area contributed by atoms with Gasteiger partial charge in [-0.3, -0.25) is 14.8 Å². The van der Waals surface area contributed by atoms with Gasteiger partial charge in [0.2, 0.25) is 5.03 Å². The van der Waals surface area contributed by atoms with Gasteiger partial charge in [0.15, 0.2) is 6.17 Å². The molecule has 1 aromatic rings. The largest absolute Gasteiger partial charge is 0.493 e. The summed E-state index contributed by atoms with van der Waals surface area (Å²) in [5.74, 6) is -0.775. The van der Waals surface area contributed by atoms with Crippen LogP contribution in [0.15, 0.2) is 57.9 Å². The minimum atomic E-state index is -5.39. The van der Waals surface area contributed by atoms with Crippen LogP contribution in [0.1, 0.15) is 39.0 Å². The Kier molecular flexibility index (Phi) is 11.6. The van der Waals surface area contributed by atoms with Crippen LogP contribution in [0, 0.1) is 0 Å². The highest BCUT2D eigenvalue weighted by Crippen LogP contribution is 2.39. The van der Waals surface area contributed by atoms with Crippen molar-refractivity contribution in [1.82, 2.24) is 15.1 Å². The number of quaternary nitrogens is 1. The number of nitrogens with one attached hydrogen (secondary N) is 2. The number of ether oxygens (including phenoxy) is 3. The number of carbonyl (C=O) groups is 1. The summed E-state index contributed by atoms with van der Waals surface area (Å²) in [7, 11) is 0.159. The molecule has 3 aliphatic rings. The molecule has 13 nitrogen and oxygen atoms in total. The second-order valence-corrected chi connectivity index (χ2v) is 13.3. The van der Waals surface area contributed by atoms with Crippen molar-refractivity contribution >= 4 is 21.7 Å². The van der Waals surface area contributed by atoms with Crippen LogP contribution in [0.4, 0.5) is 13.2 Å². The average Bonchev–Trinajstić information content (AvgIpc) is 3.55. The second kappa shape index (κ2) is 15.1. The van der Waals surface area contributed by atoms with Gasteiger partial charge in [-0.15, -0.1) is 0 Å². The summed E-state index contributed by atoms with van der Waals surface area (Å²) in [4.78, 5) is 22.2. The molecular formula is C30H42F3N6O7S+. The number of hydrogen-bond acceptors (Lipinski definition) is 11. The van der Waals surface area contributed by atoms with Crippen LogP contribution in [0.5, 0.6) is 17.2 Å². The van der Waals surface area contributed by atoms with Crippen molar-refractivity contribution < 1.29 is 49.9 Å². The lowest BCUT2D eigenvalue weighted by atomic mass is 9.96. The first kappa shape index (κ1) is 36.2. The first-order valence-electron chi connectivity index (χ1n) is 15.2. The predicted molar refractivity (Wildman–Crippen MR) is 167 cm³/mol. The standard InChI is InChI=1S/C30H42F3N6O7S/c1-5-11-43-20-13-21(44-12-9-7-6-8-10-34)15-22(14-20)45-26-17-25-24(35-19-36-25)16-23(26)28-38(2)27(18-39(28,3)4)47(41,42)37-46-29(40)30(31,32)33/h13-18,25,28,36-37H,5-12,19,34H2,1-4H3/q+1. The van der Waals surface area contributed by atoms with Crippen molar-refractivity contribution in [2.24, 2.45) is 10.7 Å². The number of rotatable bonds is 16. The van der Waals surface area contributed by atoms with Crippen LogP contribution in [0.3, 0.4) is 0 Å². The van der Waals surface area contributed by atoms with E-state index in [0.717, 1.165) is 32.1 Å². The van der Waals surface area contributed by atoms with E-state index in [2.05, 4.69) is 15.1 Å². The van der Waals surface area contributed by atoms with E-state index in [1.54, 1.807) is 38.4 Å². The fourth-order valence-corrected chi connectivity index (χ4v) is 6.59. The summed E-state index contributed by atoms with van der Waals surface area (Å²) in [5, 5.41) is 2.84. The van der Waals surface area contributed by atoms with Crippen LogP contribution in [0.25, 0.3) is 0 Å². The number of unbranched alkanes of at least 4 members (excludes halogenated alkanes) is 3. The molecule has 0 saturated heterocycles. The second-order valence-electron chi connectivity index (χ2n) is 11.8. The molecule has 2 heterocycles. The number of aliphatic imine (C=N–C) groups is 1. The molecule has 4 rings (SSSR count). The molecule has 4 N–H and O–H groups in total. The lowest BCUT2D eigenvalue weighted by Gasteiger charge is -2.36. The monoisotopic (exact) mass is 687 g/mol. The number of alkyl halides is 3. The third-order valence-electron chi connectivity index (χ3n) is 7.54. The van der Waals surface area contributed by atoms with E-state index in [4.69, 9.17) is 19.9 Å². The Morgan fingerprint density at radius 3 is 2.43 bits per heavy atom. The maximum atomic E-state index is 13.1. The number of carbonyl (C=O) groups excluding carboxylic acids is 1. The van der Waals surface area contributed by atoms with Crippen molar-refractivity contribution in [2.75, 3.05) is 47.6 Å². The summed E-state index contributed by atoms with van der Waals surface area (Å²) < 4.78 is 82.5. The molecule has 0 radical (unpaired) electrons. The van der Waals surface area contributed by atoms with E-state index in [0.29, 0.717) is 60.7 Å². The normalized spacial score (nSPS) is 20.6. The fourth-order valence-electron chi connectivity index (χ4n) is 5.43. The van der Waals surface area contributed by atoms with E-state index in [9.17, 15) is 26.4 Å². The first-order chi connectivity index (χ1) is 22.2. The molecule has 0 amide bonds. The van der Waals surface area contributed by atoms with Crippen molar-refractivity contribution in [2.45, 2.75) is 57.4 Å². The van der Waals surface area contributed by atoms with Gasteiger partial charge in [-0.05, 0) is 42.8 Å². The first-order valence-corrected chi connectivity index (χ1v) is 16.7. The minimum Gasteiger partial charge on any atom is -0.493 e. The summed E-state index contributed by atoms with van der Waals surface area (Å²) in [6.45, 7) is 3.99. The third kappa shape index (κ3) is 9.04. The van der Waals surface area contributed by atoms with Gasteiger partial charge in [0, 0.05) is 25.2 Å². The van der Waals surface area contributed by atoms with Gasteiger partial charge < -0.3 is 29.7 Å². The van der Waals surface area contributed by atoms with Crippen LogP contribution in [-0.2, 0) is 19.7 Å². The molecule has 0 spiro atoms. The van der Waals surface area contributed by atoms with Gasteiger partial charge in [-0.2, -0.15) is 13.2 Å². The lowest BCUT2D eigenvalue weighted by Crippen LogP contribution is -2.51. The summed E-state index contributed by atoms with van der Waals surface area (Å²) >= 11 is 0. The van der Waals surface area contributed by atoms with Crippen molar-refractivity contribution in [3.05, 3.63) is 52.9 Å². The zero-order valence-corrected chi connectivity index (χ0v) is 27.6. The summed E-state index contributed by atoms with van der Waals surface area (Å²) in [5.41, 5.74) is 6.83. The van der Waals surface area contributed by atoms with Gasteiger partial charge in [-0.1, -0.05) is 19.8 Å². The van der Waals surface area contributed by atoms with E-state index in [1.165, 1.54) is 23.0 Å². The average molecular weight is 688 g/mol. The summed E-state index contributed by atoms with van der Waals surface area (Å²) in [6, 6.07) is 5.01. The predicted octanol–water partition coefficient (Wildman–Crippen LogP) is 3.03. The molecule has 0 bridgehead atoms. The molecule has 0 aromatic heterocycles. The Balaban J connectivity index is 1.60. The number of likely N-dealkylation sites (N-methyl/N-ethyl adjacent to an activating group) is 2. The topological polar surface area (TPSA) is 154 Å². The quantitative estimate of drug-likeness (QED) is 0.134. The number of nitrogens with two attached hydrogens (primary N) is 1. The molecule has 17 heteroatoms. The van der Waals surface area contributed by atoms with Gasteiger partial charge in [0.25, 0.3) is 10.0 Å². The van der Waals surface area contributed by atoms with Gasteiger partial charge >= 0.3 is 12.1 Å². The highest BCUT2D eigenvalue weighted by atomic mass is 32.2. The minimum absolute atomic E-state index is 0.0873. The Hall–Kier alpha value is -3.64. The maximum Gasteiger partial charge on any atom is 0.492 e. The highest BCUT2D eigenvalue weighted by Gasteiger charge is 2.50. The van der Waals surface area contributed by atoms with E-state index >= 15 is 0 Å². The van der Waals surface area contributed by atoms with Crippen molar-refractivity contribution in [3.63, 3.8) is 0 Å². The molecule has 1 aromatic carbocycles. The SMILES string of the molecule is CCCOc1cc(OCCCCCCN)cc(OC2=CC3NCN=C3C=C2C2N(C)C(S(=O)(=O)NOC(=O)C(F)(F)F)=C[N+]2(C)C)c1. The molecule has 47 heavy (non-hydrogen) atoms. The molecule has 0 fully saturated rings. The zero-order chi connectivity index (χ0) is 34.4. The van der Waals surface area contributed by atoms with Crippen LogP contribution >= 0.6 is 0 Å². The molecule has 1 aliphatic carbocycles. The van der Waals surface area contributed by atoms with Crippen LogP contribution in [0.2, 0.25) is 0 Å². The number of halogens is 3. The number of nitrogens with zero attached hydrogens (tertiary/aromatic N) is 3. The maximum absolute atomic E-state index is 13.1. The van der Waals surface area contributed by atoms with Crippen molar-refractivity contribution in [1.29, 1.82) is 0 Å². The molecule has 260 valence electrons. The van der Waals surface area contributed by atoms with E-state index in [1.807, 2.05) is 13.0 Å².